The Bertz CT molecular complexity index is 298. The molecular weight excluding hydrogens is 216 g/mol. The van der Waals surface area contributed by atoms with Crippen molar-refractivity contribution in [3.05, 3.63) is 0 Å². The van der Waals surface area contributed by atoms with Crippen LogP contribution in [0.1, 0.15) is 45.4 Å². The van der Waals surface area contributed by atoms with Gasteiger partial charge in [0.25, 0.3) is 0 Å². The van der Waals surface area contributed by atoms with Gasteiger partial charge in [-0.15, -0.1) is 0 Å². The molecule has 0 heterocycles. The topological polar surface area (TPSA) is 64.3 Å². The summed E-state index contributed by atoms with van der Waals surface area (Å²) in [6, 6.07) is 1.96. The summed E-state index contributed by atoms with van der Waals surface area (Å²) in [5, 5.41) is 18.9. The number of carbonyl (C=O) groups excluding carboxylic acids is 1. The fourth-order valence-electron chi connectivity index (χ4n) is 2.48. The number of hydrogen-bond donors (Lipinski definition) is 1. The van der Waals surface area contributed by atoms with E-state index in [1.807, 2.05) is 6.92 Å². The lowest BCUT2D eigenvalue weighted by Crippen LogP contribution is -2.48. The maximum atomic E-state index is 12.1. The van der Waals surface area contributed by atoms with Crippen LogP contribution in [0.5, 0.6) is 0 Å². The van der Waals surface area contributed by atoms with Crippen LogP contribution in [-0.2, 0) is 4.79 Å². The Morgan fingerprint density at radius 1 is 1.53 bits per heavy atom. The van der Waals surface area contributed by atoms with E-state index in [0.29, 0.717) is 6.42 Å². The molecule has 0 aromatic heterocycles. The molecule has 0 radical (unpaired) electrons. The van der Waals surface area contributed by atoms with Gasteiger partial charge in [0.05, 0.1) is 18.2 Å². The summed E-state index contributed by atoms with van der Waals surface area (Å²) in [6.07, 6.45) is 4.66. The lowest BCUT2D eigenvalue weighted by molar-refractivity contribution is -0.138. The molecule has 0 bridgehead atoms. The summed E-state index contributed by atoms with van der Waals surface area (Å²) < 4.78 is 0. The normalized spacial score (nSPS) is 26.0. The molecule has 1 rings (SSSR count). The summed E-state index contributed by atoms with van der Waals surface area (Å²) >= 11 is 0. The molecule has 1 amide bonds. The van der Waals surface area contributed by atoms with Crippen LogP contribution in [0.3, 0.4) is 0 Å². The molecule has 1 N–H and O–H groups in total. The van der Waals surface area contributed by atoms with Crippen LogP contribution in [0.4, 0.5) is 0 Å². The quantitative estimate of drug-likeness (QED) is 0.810. The average molecular weight is 238 g/mol. The first-order valence-electron chi connectivity index (χ1n) is 6.46. The van der Waals surface area contributed by atoms with Crippen molar-refractivity contribution in [2.24, 2.45) is 5.92 Å². The van der Waals surface area contributed by atoms with Crippen LogP contribution in [0, 0.1) is 17.2 Å². The fraction of sp³-hybridized carbons (Fsp3) is 0.846. The highest BCUT2D eigenvalue weighted by Gasteiger charge is 2.32. The first-order valence-corrected chi connectivity index (χ1v) is 6.46. The number of hydrogen-bond acceptors (Lipinski definition) is 3. The molecule has 3 unspecified atom stereocenters. The Morgan fingerprint density at radius 3 is 2.71 bits per heavy atom. The van der Waals surface area contributed by atoms with Crippen LogP contribution >= 0.6 is 0 Å². The number of nitriles is 1. The van der Waals surface area contributed by atoms with Crippen molar-refractivity contribution in [3.63, 3.8) is 0 Å². The zero-order valence-corrected chi connectivity index (χ0v) is 10.7. The minimum Gasteiger partial charge on any atom is -0.391 e. The highest BCUT2D eigenvalue weighted by molar-refractivity contribution is 5.81. The molecule has 1 fully saturated rings. The van der Waals surface area contributed by atoms with Crippen LogP contribution in [0.25, 0.3) is 0 Å². The van der Waals surface area contributed by atoms with Crippen molar-refractivity contribution >= 4 is 5.91 Å². The van der Waals surface area contributed by atoms with Gasteiger partial charge in [0, 0.05) is 7.05 Å². The number of carbonyl (C=O) groups is 1. The Morgan fingerprint density at radius 2 is 2.18 bits per heavy atom. The smallest absolute Gasteiger partial charge is 0.240 e. The number of likely N-dealkylation sites (N-methyl/N-ethyl adjacent to an activating group) is 1. The minimum atomic E-state index is -0.556. The van der Waals surface area contributed by atoms with E-state index in [1.54, 1.807) is 11.9 Å². The number of nitrogens with zero attached hydrogens (tertiary/aromatic N) is 2. The van der Waals surface area contributed by atoms with E-state index >= 15 is 0 Å². The van der Waals surface area contributed by atoms with Crippen molar-refractivity contribution in [2.75, 3.05) is 7.05 Å². The summed E-state index contributed by atoms with van der Waals surface area (Å²) in [7, 11) is 1.71. The molecule has 0 aliphatic heterocycles. The zero-order valence-electron chi connectivity index (χ0n) is 10.7. The summed E-state index contributed by atoms with van der Waals surface area (Å²) in [5.41, 5.74) is 0. The molecule has 0 saturated heterocycles. The van der Waals surface area contributed by atoms with E-state index in [-0.39, 0.29) is 11.9 Å². The van der Waals surface area contributed by atoms with Crippen LogP contribution in [0.2, 0.25) is 0 Å². The Hall–Kier alpha value is -1.08. The second-order valence-corrected chi connectivity index (χ2v) is 4.84. The zero-order chi connectivity index (χ0) is 12.8. The molecular formula is C13H22N2O2. The van der Waals surface area contributed by atoms with Gasteiger partial charge in [-0.3, -0.25) is 4.79 Å². The maximum Gasteiger partial charge on any atom is 0.240 e. The van der Waals surface area contributed by atoms with E-state index in [0.717, 1.165) is 32.1 Å². The summed E-state index contributed by atoms with van der Waals surface area (Å²) in [4.78, 5) is 13.7. The van der Waals surface area contributed by atoms with Crippen molar-refractivity contribution < 1.29 is 9.90 Å². The van der Waals surface area contributed by atoms with Gasteiger partial charge in [-0.05, 0) is 19.3 Å². The van der Waals surface area contributed by atoms with E-state index < -0.39 is 12.0 Å². The number of amides is 1. The van der Waals surface area contributed by atoms with Gasteiger partial charge < -0.3 is 10.0 Å². The number of aliphatic hydroxyl groups is 1. The second-order valence-electron chi connectivity index (χ2n) is 4.84. The van der Waals surface area contributed by atoms with Gasteiger partial charge >= 0.3 is 0 Å². The van der Waals surface area contributed by atoms with Crippen molar-refractivity contribution in [2.45, 2.75) is 57.6 Å². The van der Waals surface area contributed by atoms with Gasteiger partial charge in [-0.2, -0.15) is 5.26 Å². The molecule has 0 aromatic carbocycles. The second kappa shape index (κ2) is 6.61. The van der Waals surface area contributed by atoms with Gasteiger partial charge in [0.2, 0.25) is 5.91 Å². The third-order valence-corrected chi connectivity index (χ3v) is 3.57. The molecule has 1 saturated carbocycles. The largest absolute Gasteiger partial charge is 0.391 e. The lowest BCUT2D eigenvalue weighted by Gasteiger charge is -2.36. The standard InChI is InChI=1S/C13H22N2O2/c1-3-6-10(9-14)13(17)15(2)11-7-4-5-8-12(11)16/h10-12,16H,3-8H2,1-2H3. The first-order chi connectivity index (χ1) is 8.11. The Balaban J connectivity index is 2.64. The van der Waals surface area contributed by atoms with Crippen molar-refractivity contribution in [1.29, 1.82) is 5.26 Å². The van der Waals surface area contributed by atoms with E-state index in [9.17, 15) is 9.90 Å². The van der Waals surface area contributed by atoms with Crippen LogP contribution in [-0.4, -0.2) is 35.1 Å². The average Bonchev–Trinajstić information content (AvgIpc) is 2.35. The predicted molar refractivity (Wildman–Crippen MR) is 65.0 cm³/mol. The molecule has 1 aliphatic carbocycles. The number of rotatable bonds is 4. The summed E-state index contributed by atoms with van der Waals surface area (Å²) in [6.45, 7) is 1.97. The molecule has 0 aromatic rings. The predicted octanol–water partition coefficient (Wildman–Crippen LogP) is 1.69. The molecule has 96 valence electrons. The van der Waals surface area contributed by atoms with Crippen LogP contribution < -0.4 is 0 Å². The fourth-order valence-corrected chi connectivity index (χ4v) is 2.48. The van der Waals surface area contributed by atoms with Gasteiger partial charge in [0.15, 0.2) is 0 Å². The minimum absolute atomic E-state index is 0.107. The van der Waals surface area contributed by atoms with Crippen LogP contribution in [0.15, 0.2) is 0 Å². The van der Waals surface area contributed by atoms with E-state index in [4.69, 9.17) is 5.26 Å². The van der Waals surface area contributed by atoms with Gasteiger partial charge in [-0.25, -0.2) is 0 Å². The Labute approximate surface area is 103 Å². The third-order valence-electron chi connectivity index (χ3n) is 3.57. The molecule has 3 atom stereocenters. The lowest BCUT2D eigenvalue weighted by atomic mass is 9.90. The highest BCUT2D eigenvalue weighted by Crippen LogP contribution is 2.24. The van der Waals surface area contributed by atoms with E-state index in [1.165, 1.54) is 0 Å². The molecule has 4 heteroatoms. The maximum absolute atomic E-state index is 12.1. The molecule has 4 nitrogen and oxygen atoms in total. The van der Waals surface area contributed by atoms with E-state index in [2.05, 4.69) is 6.07 Å². The Kier molecular flexibility index (Phi) is 5.43. The number of aliphatic hydroxyl groups excluding tert-OH is 1. The molecule has 17 heavy (non-hydrogen) atoms. The van der Waals surface area contributed by atoms with Crippen molar-refractivity contribution in [3.8, 4) is 6.07 Å². The molecule has 0 spiro atoms. The first kappa shape index (κ1) is 14.0. The monoisotopic (exact) mass is 238 g/mol. The van der Waals surface area contributed by atoms with Gasteiger partial charge in [0.1, 0.15) is 5.92 Å². The van der Waals surface area contributed by atoms with Crippen molar-refractivity contribution in [1.82, 2.24) is 4.90 Å². The SMILES string of the molecule is CCCC(C#N)C(=O)N(C)C1CCCCC1O. The van der Waals surface area contributed by atoms with Gasteiger partial charge in [-0.1, -0.05) is 26.2 Å². The molecule has 1 aliphatic rings. The highest BCUT2D eigenvalue weighted by atomic mass is 16.3. The summed E-state index contributed by atoms with van der Waals surface area (Å²) in [5.74, 6) is -0.695. The third kappa shape index (κ3) is 3.44.